The van der Waals surface area contributed by atoms with Crippen molar-refractivity contribution in [2.45, 2.75) is 46.1 Å². The lowest BCUT2D eigenvalue weighted by molar-refractivity contribution is 0.0148. The van der Waals surface area contributed by atoms with Crippen LogP contribution in [0.1, 0.15) is 40.5 Å². The molecule has 1 aliphatic heterocycles. The Labute approximate surface area is 104 Å². The quantitative estimate of drug-likeness (QED) is 0.809. The van der Waals surface area contributed by atoms with Gasteiger partial charge in [-0.2, -0.15) is 0 Å². The molecule has 100 valence electrons. The molecule has 1 heterocycles. The van der Waals surface area contributed by atoms with Crippen molar-refractivity contribution in [1.82, 2.24) is 4.90 Å². The van der Waals surface area contributed by atoms with E-state index in [0.29, 0.717) is 11.8 Å². The Hall–Kier alpha value is -0.770. The number of carbonyl (C=O) groups is 1. The molecule has 1 fully saturated rings. The van der Waals surface area contributed by atoms with Crippen LogP contribution in [-0.4, -0.2) is 41.4 Å². The summed E-state index contributed by atoms with van der Waals surface area (Å²) in [6.45, 7) is 9.42. The highest BCUT2D eigenvalue weighted by molar-refractivity contribution is 5.68. The van der Waals surface area contributed by atoms with E-state index in [9.17, 15) is 4.79 Å². The van der Waals surface area contributed by atoms with Crippen LogP contribution in [0.2, 0.25) is 0 Å². The second-order valence-electron chi connectivity index (χ2n) is 5.96. The van der Waals surface area contributed by atoms with Crippen LogP contribution in [-0.2, 0) is 4.74 Å². The van der Waals surface area contributed by atoms with E-state index in [1.807, 2.05) is 20.8 Å². The third kappa shape index (κ3) is 4.54. The molecule has 0 spiro atoms. The number of nitrogens with zero attached hydrogens (tertiary/aromatic N) is 1. The number of aliphatic hydroxyl groups is 1. The van der Waals surface area contributed by atoms with Crippen molar-refractivity contribution in [3.8, 4) is 0 Å². The zero-order valence-electron chi connectivity index (χ0n) is 11.4. The molecule has 4 heteroatoms. The Kier molecular flexibility index (Phi) is 4.80. The molecule has 1 unspecified atom stereocenters. The molecule has 0 aromatic carbocycles. The van der Waals surface area contributed by atoms with Crippen molar-refractivity contribution in [3.63, 3.8) is 0 Å². The molecule has 1 rings (SSSR count). The minimum atomic E-state index is -0.424. The minimum Gasteiger partial charge on any atom is -0.444 e. The van der Waals surface area contributed by atoms with E-state index in [2.05, 4.69) is 6.92 Å². The largest absolute Gasteiger partial charge is 0.444 e. The van der Waals surface area contributed by atoms with Crippen LogP contribution in [0.15, 0.2) is 0 Å². The molecule has 1 saturated heterocycles. The first-order chi connectivity index (χ1) is 7.83. The molecule has 0 saturated carbocycles. The molecule has 1 N–H and O–H groups in total. The average molecular weight is 243 g/mol. The zero-order chi connectivity index (χ0) is 13.1. The van der Waals surface area contributed by atoms with Crippen molar-refractivity contribution in [2.24, 2.45) is 11.8 Å². The average Bonchev–Trinajstić information content (AvgIpc) is 2.26. The maximum absolute atomic E-state index is 11.8. The first-order valence-corrected chi connectivity index (χ1v) is 6.42. The SMILES string of the molecule is CC(CO)C1CCN(C(=O)OC(C)(C)C)CC1. The van der Waals surface area contributed by atoms with Crippen LogP contribution in [0, 0.1) is 11.8 Å². The third-order valence-electron chi connectivity index (χ3n) is 3.28. The van der Waals surface area contributed by atoms with Gasteiger partial charge in [0.05, 0.1) is 0 Å². The number of hydrogen-bond donors (Lipinski definition) is 1. The van der Waals surface area contributed by atoms with Crippen LogP contribution in [0.4, 0.5) is 4.79 Å². The van der Waals surface area contributed by atoms with Crippen LogP contribution >= 0.6 is 0 Å². The van der Waals surface area contributed by atoms with Gasteiger partial charge in [-0.15, -0.1) is 0 Å². The standard InChI is InChI=1S/C13H25NO3/c1-10(9-15)11-5-7-14(8-6-11)12(16)17-13(2,3)4/h10-11,15H,5-9H2,1-4H3. The monoisotopic (exact) mass is 243 g/mol. The number of ether oxygens (including phenoxy) is 1. The summed E-state index contributed by atoms with van der Waals surface area (Å²) in [4.78, 5) is 13.6. The highest BCUT2D eigenvalue weighted by atomic mass is 16.6. The van der Waals surface area contributed by atoms with Gasteiger partial charge in [-0.25, -0.2) is 4.79 Å². The van der Waals surface area contributed by atoms with E-state index in [1.165, 1.54) is 0 Å². The number of hydrogen-bond acceptors (Lipinski definition) is 3. The minimum absolute atomic E-state index is 0.215. The predicted octanol–water partition coefficient (Wildman–Crippen LogP) is 2.26. The number of carbonyl (C=O) groups excluding carboxylic acids is 1. The van der Waals surface area contributed by atoms with Gasteiger partial charge in [0.15, 0.2) is 0 Å². The molecular weight excluding hydrogens is 218 g/mol. The molecule has 1 aliphatic rings. The summed E-state index contributed by atoms with van der Waals surface area (Å²) in [6.07, 6.45) is 1.70. The fourth-order valence-corrected chi connectivity index (χ4v) is 2.13. The van der Waals surface area contributed by atoms with Gasteiger partial charge < -0.3 is 14.7 Å². The Morgan fingerprint density at radius 2 is 1.94 bits per heavy atom. The van der Waals surface area contributed by atoms with Gasteiger partial charge in [-0.05, 0) is 45.4 Å². The number of likely N-dealkylation sites (tertiary alicyclic amines) is 1. The van der Waals surface area contributed by atoms with Gasteiger partial charge in [0.25, 0.3) is 0 Å². The highest BCUT2D eigenvalue weighted by Gasteiger charge is 2.28. The van der Waals surface area contributed by atoms with Gasteiger partial charge in [-0.3, -0.25) is 0 Å². The van der Waals surface area contributed by atoms with Crippen LogP contribution in [0.3, 0.4) is 0 Å². The molecule has 17 heavy (non-hydrogen) atoms. The number of amides is 1. The van der Waals surface area contributed by atoms with Crippen molar-refractivity contribution < 1.29 is 14.6 Å². The molecule has 1 amide bonds. The first kappa shape index (κ1) is 14.3. The smallest absolute Gasteiger partial charge is 0.410 e. The number of rotatable bonds is 2. The zero-order valence-corrected chi connectivity index (χ0v) is 11.4. The van der Waals surface area contributed by atoms with Crippen molar-refractivity contribution in [3.05, 3.63) is 0 Å². The van der Waals surface area contributed by atoms with E-state index >= 15 is 0 Å². The Morgan fingerprint density at radius 1 is 1.41 bits per heavy atom. The lowest BCUT2D eigenvalue weighted by Crippen LogP contribution is -2.42. The Bertz CT molecular complexity index is 252. The lowest BCUT2D eigenvalue weighted by atomic mass is 9.86. The van der Waals surface area contributed by atoms with E-state index in [1.54, 1.807) is 4.90 Å². The molecule has 0 aromatic rings. The molecule has 4 nitrogen and oxygen atoms in total. The maximum atomic E-state index is 11.8. The normalized spacial score (nSPS) is 20.2. The fraction of sp³-hybridized carbons (Fsp3) is 0.923. The van der Waals surface area contributed by atoms with Crippen molar-refractivity contribution >= 4 is 6.09 Å². The van der Waals surface area contributed by atoms with Gasteiger partial charge in [0, 0.05) is 19.7 Å². The van der Waals surface area contributed by atoms with Gasteiger partial charge in [-0.1, -0.05) is 6.92 Å². The molecule has 0 aromatic heterocycles. The molecule has 1 atom stereocenters. The summed E-state index contributed by atoms with van der Waals surface area (Å²) < 4.78 is 5.34. The lowest BCUT2D eigenvalue weighted by Gasteiger charge is -2.35. The Balaban J connectivity index is 2.39. The highest BCUT2D eigenvalue weighted by Crippen LogP contribution is 2.25. The van der Waals surface area contributed by atoms with Crippen LogP contribution in [0.5, 0.6) is 0 Å². The molecule has 0 bridgehead atoms. The van der Waals surface area contributed by atoms with Crippen molar-refractivity contribution in [2.75, 3.05) is 19.7 Å². The summed E-state index contributed by atoms with van der Waals surface area (Å²) in [5, 5.41) is 9.11. The summed E-state index contributed by atoms with van der Waals surface area (Å²) in [6, 6.07) is 0. The summed E-state index contributed by atoms with van der Waals surface area (Å²) in [5.74, 6) is 0.856. The summed E-state index contributed by atoms with van der Waals surface area (Å²) >= 11 is 0. The molecule has 0 radical (unpaired) electrons. The number of aliphatic hydroxyl groups excluding tert-OH is 1. The van der Waals surface area contributed by atoms with E-state index in [-0.39, 0.29) is 12.7 Å². The first-order valence-electron chi connectivity index (χ1n) is 6.42. The number of piperidine rings is 1. The van der Waals surface area contributed by atoms with E-state index in [0.717, 1.165) is 25.9 Å². The molecule has 0 aliphatic carbocycles. The third-order valence-corrected chi connectivity index (χ3v) is 3.28. The van der Waals surface area contributed by atoms with Crippen LogP contribution < -0.4 is 0 Å². The van der Waals surface area contributed by atoms with Gasteiger partial charge in [0.2, 0.25) is 0 Å². The second-order valence-corrected chi connectivity index (χ2v) is 5.96. The van der Waals surface area contributed by atoms with Crippen molar-refractivity contribution in [1.29, 1.82) is 0 Å². The van der Waals surface area contributed by atoms with Crippen LogP contribution in [0.25, 0.3) is 0 Å². The summed E-state index contributed by atoms with van der Waals surface area (Å²) in [5.41, 5.74) is -0.424. The Morgan fingerprint density at radius 3 is 2.35 bits per heavy atom. The summed E-state index contributed by atoms with van der Waals surface area (Å²) in [7, 11) is 0. The van der Waals surface area contributed by atoms with E-state index in [4.69, 9.17) is 9.84 Å². The maximum Gasteiger partial charge on any atom is 0.410 e. The van der Waals surface area contributed by atoms with Gasteiger partial charge >= 0.3 is 6.09 Å². The van der Waals surface area contributed by atoms with Gasteiger partial charge in [0.1, 0.15) is 5.60 Å². The predicted molar refractivity (Wildman–Crippen MR) is 66.8 cm³/mol. The second kappa shape index (κ2) is 5.71. The van der Waals surface area contributed by atoms with E-state index < -0.39 is 5.60 Å². The topological polar surface area (TPSA) is 49.8 Å². The fourth-order valence-electron chi connectivity index (χ4n) is 2.13. The molecular formula is C13H25NO3.